The minimum absolute atomic E-state index is 0.184. The molecule has 7 nitrogen and oxygen atoms in total. The normalized spacial score (nSPS) is 11.6. The molecule has 11 heteroatoms. The van der Waals surface area contributed by atoms with Gasteiger partial charge in [0.15, 0.2) is 17.3 Å². The van der Waals surface area contributed by atoms with E-state index in [2.05, 4.69) is 21.0 Å². The number of ether oxygens (including phenoxy) is 2. The van der Waals surface area contributed by atoms with Crippen molar-refractivity contribution in [3.05, 3.63) is 120 Å². The summed E-state index contributed by atoms with van der Waals surface area (Å²) in [7, 11) is 0. The van der Waals surface area contributed by atoms with Crippen molar-refractivity contribution >= 4 is 78.8 Å². The van der Waals surface area contributed by atoms with E-state index in [-0.39, 0.29) is 23.0 Å². The van der Waals surface area contributed by atoms with Crippen molar-refractivity contribution in [1.29, 1.82) is 0 Å². The first-order valence-corrected chi connectivity index (χ1v) is 15.0. The lowest BCUT2D eigenvalue weighted by molar-refractivity contribution is 0.269. The lowest BCUT2D eigenvalue weighted by atomic mass is 10.2. The van der Waals surface area contributed by atoms with Gasteiger partial charge in [-0.05, 0) is 71.4 Å². The summed E-state index contributed by atoms with van der Waals surface area (Å²) in [6, 6.07) is 23.2. The number of aromatic nitrogens is 2. The number of halogens is 4. The summed E-state index contributed by atoms with van der Waals surface area (Å²) in [6.45, 7) is 2.41. The Morgan fingerprint density at radius 2 is 1.79 bits per heavy atom. The van der Waals surface area contributed by atoms with Crippen molar-refractivity contribution in [2.24, 2.45) is 5.10 Å². The highest BCUT2D eigenvalue weighted by Crippen LogP contribution is 2.43. The van der Waals surface area contributed by atoms with Crippen LogP contribution in [0.3, 0.4) is 0 Å². The van der Waals surface area contributed by atoms with Crippen molar-refractivity contribution in [2.45, 2.75) is 13.5 Å². The lowest BCUT2D eigenvalue weighted by Crippen LogP contribution is -2.20. The van der Waals surface area contributed by atoms with Crippen LogP contribution in [0, 0.1) is 0 Å². The number of para-hydroxylation sites is 1. The van der Waals surface area contributed by atoms with E-state index in [0.717, 1.165) is 10.9 Å². The van der Waals surface area contributed by atoms with Gasteiger partial charge in [-0.1, -0.05) is 65.1 Å². The molecule has 0 aliphatic rings. The summed E-state index contributed by atoms with van der Waals surface area (Å²) in [5.41, 5.74) is 2.08. The Hall–Kier alpha value is -3.82. The highest BCUT2D eigenvalue weighted by atomic mass is 79.9. The third-order valence-corrected chi connectivity index (χ3v) is 8.60. The van der Waals surface area contributed by atoms with Gasteiger partial charge in [0, 0.05) is 31.0 Å². The second kappa shape index (κ2) is 12.4. The molecule has 216 valence electrons. The Kier molecular flexibility index (Phi) is 8.45. The van der Waals surface area contributed by atoms with E-state index in [0.29, 0.717) is 60.4 Å². The minimum atomic E-state index is -0.373. The maximum absolute atomic E-state index is 13.7. The number of hydrogen-bond acceptors (Lipinski definition) is 6. The number of furan rings is 1. The Morgan fingerprint density at radius 3 is 2.60 bits per heavy atom. The molecule has 0 radical (unpaired) electrons. The van der Waals surface area contributed by atoms with Crippen LogP contribution in [0.1, 0.15) is 18.1 Å². The first-order chi connectivity index (χ1) is 20.8. The molecule has 43 heavy (non-hydrogen) atoms. The van der Waals surface area contributed by atoms with Crippen LogP contribution in [0.5, 0.6) is 11.5 Å². The molecule has 6 aromatic rings. The topological polar surface area (TPSA) is 78.9 Å². The molecule has 0 aliphatic carbocycles. The molecule has 4 aromatic carbocycles. The fourth-order valence-corrected chi connectivity index (χ4v) is 5.52. The zero-order valence-corrected chi connectivity index (χ0v) is 26.3. The third-order valence-electron chi connectivity index (χ3n) is 6.55. The number of hydrogen-bond donors (Lipinski definition) is 0. The van der Waals surface area contributed by atoms with E-state index in [1.54, 1.807) is 54.6 Å². The zero-order valence-electron chi connectivity index (χ0n) is 22.5. The maximum Gasteiger partial charge on any atom is 0.282 e. The van der Waals surface area contributed by atoms with Gasteiger partial charge in [0.25, 0.3) is 5.56 Å². The van der Waals surface area contributed by atoms with Crippen molar-refractivity contribution in [3.8, 4) is 23.1 Å². The number of benzene rings is 4. The predicted octanol–water partition coefficient (Wildman–Crippen LogP) is 9.39. The maximum atomic E-state index is 13.7. The van der Waals surface area contributed by atoms with Gasteiger partial charge >= 0.3 is 0 Å². The largest absolute Gasteiger partial charge is 0.490 e. The molecule has 6 rings (SSSR count). The number of nitrogens with zero attached hydrogens (tertiary/aromatic N) is 3. The number of rotatable bonds is 8. The van der Waals surface area contributed by atoms with E-state index < -0.39 is 0 Å². The van der Waals surface area contributed by atoms with Gasteiger partial charge in [0.2, 0.25) is 5.82 Å². The summed E-state index contributed by atoms with van der Waals surface area (Å²) in [6.07, 6.45) is 1.50. The predicted molar refractivity (Wildman–Crippen MR) is 175 cm³/mol. The molecule has 2 aromatic heterocycles. The van der Waals surface area contributed by atoms with E-state index >= 15 is 0 Å². The van der Waals surface area contributed by atoms with Crippen molar-refractivity contribution < 1.29 is 13.9 Å². The van der Waals surface area contributed by atoms with Crippen LogP contribution in [-0.2, 0) is 6.61 Å². The van der Waals surface area contributed by atoms with Crippen LogP contribution in [0.15, 0.2) is 97.6 Å². The molecule has 0 fully saturated rings. The van der Waals surface area contributed by atoms with Crippen LogP contribution in [0.2, 0.25) is 15.1 Å². The van der Waals surface area contributed by atoms with Crippen molar-refractivity contribution in [1.82, 2.24) is 9.66 Å². The second-order valence-corrected chi connectivity index (χ2v) is 11.4. The molecule has 0 saturated heterocycles. The molecular formula is C32H21BrCl3N3O4. The van der Waals surface area contributed by atoms with E-state index in [9.17, 15) is 4.79 Å². The van der Waals surface area contributed by atoms with Gasteiger partial charge in [-0.25, -0.2) is 4.98 Å². The van der Waals surface area contributed by atoms with E-state index in [1.807, 2.05) is 31.2 Å². The van der Waals surface area contributed by atoms with Crippen LogP contribution in [0.4, 0.5) is 0 Å². The van der Waals surface area contributed by atoms with E-state index in [1.165, 1.54) is 10.9 Å². The van der Waals surface area contributed by atoms with Gasteiger partial charge in [0.05, 0.1) is 23.7 Å². The highest BCUT2D eigenvalue weighted by Gasteiger charge is 2.20. The van der Waals surface area contributed by atoms with Gasteiger partial charge in [0.1, 0.15) is 17.2 Å². The molecule has 0 amide bonds. The third kappa shape index (κ3) is 5.88. The van der Waals surface area contributed by atoms with Crippen LogP contribution >= 0.6 is 50.7 Å². The Balaban J connectivity index is 1.44. The molecule has 2 heterocycles. The molecule has 0 spiro atoms. The summed E-state index contributed by atoms with van der Waals surface area (Å²) >= 11 is 22.8. The van der Waals surface area contributed by atoms with E-state index in [4.69, 9.17) is 53.7 Å². The summed E-state index contributed by atoms with van der Waals surface area (Å²) in [5, 5.41) is 7.14. The first kappa shape index (κ1) is 29.3. The van der Waals surface area contributed by atoms with Crippen LogP contribution < -0.4 is 15.0 Å². The summed E-state index contributed by atoms with van der Waals surface area (Å²) < 4.78 is 19.7. The fourth-order valence-electron chi connectivity index (χ4n) is 4.50. The van der Waals surface area contributed by atoms with Gasteiger partial charge < -0.3 is 13.9 Å². The standard InChI is InChI=1S/C32H21BrCl3N3O4/c1-2-41-26-15-20(28(33)29(36)30(26)42-17-18-7-3-5-9-23(18)35)16-37-39-31(38-24-10-6-4-8-22(24)32(39)40)27-14-19-13-21(34)11-12-25(19)43-27/h3-16H,2,17H2,1H3. The van der Waals surface area contributed by atoms with Gasteiger partial charge in [-0.3, -0.25) is 4.79 Å². The monoisotopic (exact) mass is 695 g/mol. The quantitative estimate of drug-likeness (QED) is 0.148. The van der Waals surface area contributed by atoms with Crippen molar-refractivity contribution in [2.75, 3.05) is 6.61 Å². The smallest absolute Gasteiger partial charge is 0.282 e. The lowest BCUT2D eigenvalue weighted by Gasteiger charge is -2.16. The van der Waals surface area contributed by atoms with Crippen LogP contribution in [-0.4, -0.2) is 22.5 Å². The Labute approximate surface area is 269 Å². The summed E-state index contributed by atoms with van der Waals surface area (Å²) in [4.78, 5) is 18.4. The summed E-state index contributed by atoms with van der Waals surface area (Å²) in [5.74, 6) is 1.33. The molecule has 0 aliphatic heterocycles. The highest BCUT2D eigenvalue weighted by molar-refractivity contribution is 9.10. The van der Waals surface area contributed by atoms with Gasteiger partial charge in [-0.15, -0.1) is 0 Å². The number of fused-ring (bicyclic) bond motifs is 2. The Bertz CT molecular complexity index is 2090. The average molecular weight is 698 g/mol. The fraction of sp³-hybridized carbons (Fsp3) is 0.0938. The zero-order chi connectivity index (χ0) is 30.1. The molecule has 0 atom stereocenters. The van der Waals surface area contributed by atoms with Crippen molar-refractivity contribution in [3.63, 3.8) is 0 Å². The second-order valence-electron chi connectivity index (χ2n) is 9.34. The minimum Gasteiger partial charge on any atom is -0.490 e. The molecule has 0 saturated carbocycles. The Morgan fingerprint density at radius 1 is 1.00 bits per heavy atom. The van der Waals surface area contributed by atoms with Gasteiger partial charge in [-0.2, -0.15) is 9.78 Å². The van der Waals surface area contributed by atoms with Crippen LogP contribution in [0.25, 0.3) is 33.5 Å². The molecule has 0 N–H and O–H groups in total. The molecule has 0 bridgehead atoms. The SMILES string of the molecule is CCOc1cc(C=Nn2c(-c3cc4cc(Cl)ccc4o3)nc3ccccc3c2=O)c(Br)c(Cl)c1OCc1ccccc1Cl. The average Bonchev–Trinajstić information content (AvgIpc) is 3.42. The molecular weight excluding hydrogens is 677 g/mol. The molecule has 0 unspecified atom stereocenters. The first-order valence-electron chi connectivity index (χ1n) is 13.1.